The van der Waals surface area contributed by atoms with E-state index in [9.17, 15) is 4.79 Å². The summed E-state index contributed by atoms with van der Waals surface area (Å²) in [6.07, 6.45) is 4.62. The van der Waals surface area contributed by atoms with Gasteiger partial charge >= 0.3 is 0 Å². The van der Waals surface area contributed by atoms with Crippen molar-refractivity contribution in [2.75, 3.05) is 26.2 Å². The zero-order chi connectivity index (χ0) is 19.2. The van der Waals surface area contributed by atoms with Crippen molar-refractivity contribution >= 4 is 17.4 Å². The predicted octanol–water partition coefficient (Wildman–Crippen LogP) is 3.23. The van der Waals surface area contributed by atoms with Gasteiger partial charge in [0, 0.05) is 44.0 Å². The molecule has 1 aliphatic heterocycles. The molecule has 3 rings (SSSR count). The lowest BCUT2D eigenvalue weighted by Crippen LogP contribution is -2.48. The van der Waals surface area contributed by atoms with Crippen molar-refractivity contribution in [1.29, 1.82) is 0 Å². The van der Waals surface area contributed by atoms with Crippen LogP contribution in [0.5, 0.6) is 0 Å². The topological polar surface area (TPSA) is 62.2 Å². The van der Waals surface area contributed by atoms with Gasteiger partial charge in [0.1, 0.15) is 4.88 Å². The molecule has 0 bridgehead atoms. The van der Waals surface area contributed by atoms with Crippen molar-refractivity contribution in [2.24, 2.45) is 0 Å². The van der Waals surface area contributed by atoms with Crippen LogP contribution in [0.4, 0.5) is 0 Å². The quantitative estimate of drug-likeness (QED) is 0.730. The highest BCUT2D eigenvalue weighted by Crippen LogP contribution is 2.25. The Morgan fingerprint density at radius 1 is 1.33 bits per heavy atom. The van der Waals surface area contributed by atoms with Crippen LogP contribution in [0.25, 0.3) is 0 Å². The van der Waals surface area contributed by atoms with E-state index in [0.29, 0.717) is 11.4 Å². The molecule has 6 nitrogen and oxygen atoms in total. The number of rotatable bonds is 7. The standard InChI is InChI=1S/C20H29N5OS/c1-4-24-12-9-17(10-13-24)25(14-8-16-7-5-6-11-21-16)20(26)19-18(15(2)3)22-23-27-19/h5-7,11,15,17H,4,8-10,12-14H2,1-3H3. The number of hydrogen-bond donors (Lipinski definition) is 0. The predicted molar refractivity (Wildman–Crippen MR) is 108 cm³/mol. The summed E-state index contributed by atoms with van der Waals surface area (Å²) < 4.78 is 4.06. The van der Waals surface area contributed by atoms with Gasteiger partial charge in [0.15, 0.2) is 0 Å². The fourth-order valence-electron chi connectivity index (χ4n) is 3.63. The van der Waals surface area contributed by atoms with Gasteiger partial charge in [-0.15, -0.1) is 5.10 Å². The molecular formula is C20H29N5OS. The van der Waals surface area contributed by atoms with Crippen molar-refractivity contribution in [2.45, 2.75) is 52.0 Å². The Kier molecular flexibility index (Phi) is 6.90. The molecule has 1 fully saturated rings. The van der Waals surface area contributed by atoms with E-state index in [1.165, 1.54) is 11.5 Å². The number of nitrogens with zero attached hydrogens (tertiary/aromatic N) is 5. The van der Waals surface area contributed by atoms with Gasteiger partial charge < -0.3 is 9.80 Å². The molecule has 0 N–H and O–H groups in total. The Morgan fingerprint density at radius 2 is 2.11 bits per heavy atom. The SMILES string of the molecule is CCN1CCC(N(CCc2ccccn2)C(=O)c2snnc2C(C)C)CC1. The maximum absolute atomic E-state index is 13.4. The van der Waals surface area contributed by atoms with Crippen LogP contribution in [-0.2, 0) is 6.42 Å². The lowest BCUT2D eigenvalue weighted by molar-refractivity contribution is 0.0582. The van der Waals surface area contributed by atoms with E-state index in [1.807, 2.05) is 24.4 Å². The van der Waals surface area contributed by atoms with Gasteiger partial charge in [-0.25, -0.2) is 0 Å². The van der Waals surface area contributed by atoms with E-state index in [4.69, 9.17) is 0 Å². The number of carbonyl (C=O) groups is 1. The normalized spacial score (nSPS) is 16.0. The molecule has 0 spiro atoms. The molecule has 27 heavy (non-hydrogen) atoms. The summed E-state index contributed by atoms with van der Waals surface area (Å²) in [7, 11) is 0. The van der Waals surface area contributed by atoms with E-state index in [0.717, 1.165) is 50.3 Å². The van der Waals surface area contributed by atoms with Crippen molar-refractivity contribution in [3.05, 3.63) is 40.7 Å². The summed E-state index contributed by atoms with van der Waals surface area (Å²) in [5.41, 5.74) is 1.84. The average Bonchev–Trinajstić information content (AvgIpc) is 3.19. The van der Waals surface area contributed by atoms with Gasteiger partial charge in [-0.05, 0) is 49.0 Å². The summed E-state index contributed by atoms with van der Waals surface area (Å²) in [5, 5.41) is 4.21. The number of aromatic nitrogens is 3. The molecule has 0 radical (unpaired) electrons. The molecule has 3 heterocycles. The zero-order valence-electron chi connectivity index (χ0n) is 16.5. The first-order valence-corrected chi connectivity index (χ1v) is 10.6. The summed E-state index contributed by atoms with van der Waals surface area (Å²) in [4.78, 5) is 23.1. The Morgan fingerprint density at radius 3 is 2.74 bits per heavy atom. The minimum absolute atomic E-state index is 0.0829. The van der Waals surface area contributed by atoms with Crippen LogP contribution in [0, 0.1) is 0 Å². The van der Waals surface area contributed by atoms with E-state index in [2.05, 4.69) is 45.1 Å². The van der Waals surface area contributed by atoms with Crippen molar-refractivity contribution in [1.82, 2.24) is 24.4 Å². The van der Waals surface area contributed by atoms with Gasteiger partial charge in [-0.1, -0.05) is 31.3 Å². The summed E-state index contributed by atoms with van der Waals surface area (Å²) in [5.74, 6) is 0.279. The van der Waals surface area contributed by atoms with Gasteiger partial charge in [-0.2, -0.15) is 0 Å². The second-order valence-corrected chi connectivity index (χ2v) is 8.13. The van der Waals surface area contributed by atoms with Crippen LogP contribution >= 0.6 is 11.5 Å². The molecule has 1 saturated heterocycles. The van der Waals surface area contributed by atoms with Gasteiger partial charge in [0.05, 0.1) is 5.69 Å². The number of hydrogen-bond acceptors (Lipinski definition) is 6. The molecule has 0 aliphatic carbocycles. The first-order valence-electron chi connectivity index (χ1n) is 9.85. The Bertz CT molecular complexity index is 725. The largest absolute Gasteiger partial charge is 0.334 e. The molecular weight excluding hydrogens is 358 g/mol. The van der Waals surface area contributed by atoms with Crippen molar-refractivity contribution in [3.63, 3.8) is 0 Å². The molecule has 2 aromatic heterocycles. The van der Waals surface area contributed by atoms with Crippen LogP contribution < -0.4 is 0 Å². The lowest BCUT2D eigenvalue weighted by Gasteiger charge is -2.38. The number of carbonyl (C=O) groups excluding carboxylic acids is 1. The maximum Gasteiger partial charge on any atom is 0.267 e. The number of pyridine rings is 1. The minimum Gasteiger partial charge on any atom is -0.334 e. The maximum atomic E-state index is 13.4. The lowest BCUT2D eigenvalue weighted by atomic mass is 10.0. The van der Waals surface area contributed by atoms with Gasteiger partial charge in [0.2, 0.25) is 0 Å². The number of likely N-dealkylation sites (tertiary alicyclic amines) is 1. The summed E-state index contributed by atoms with van der Waals surface area (Å²) in [6.45, 7) is 10.2. The Hall–Kier alpha value is -1.86. The Labute approximate surface area is 165 Å². The molecule has 0 saturated carbocycles. The fraction of sp³-hybridized carbons (Fsp3) is 0.600. The smallest absolute Gasteiger partial charge is 0.267 e. The molecule has 0 aromatic carbocycles. The molecule has 2 aromatic rings. The van der Waals surface area contributed by atoms with Crippen LogP contribution in [-0.4, -0.2) is 62.5 Å². The van der Waals surface area contributed by atoms with Gasteiger partial charge in [0.25, 0.3) is 5.91 Å². The Balaban J connectivity index is 1.78. The second-order valence-electron chi connectivity index (χ2n) is 7.38. The number of amides is 1. The first kappa shape index (κ1) is 19.9. The minimum atomic E-state index is 0.0829. The summed E-state index contributed by atoms with van der Waals surface area (Å²) >= 11 is 1.23. The van der Waals surface area contributed by atoms with E-state index in [-0.39, 0.29) is 17.9 Å². The van der Waals surface area contributed by atoms with Crippen molar-refractivity contribution in [3.8, 4) is 0 Å². The highest BCUT2D eigenvalue weighted by atomic mass is 32.1. The monoisotopic (exact) mass is 387 g/mol. The highest BCUT2D eigenvalue weighted by Gasteiger charge is 2.31. The molecule has 0 unspecified atom stereocenters. The van der Waals surface area contributed by atoms with Crippen LogP contribution in [0.3, 0.4) is 0 Å². The summed E-state index contributed by atoms with van der Waals surface area (Å²) in [6, 6.07) is 6.21. The first-order chi connectivity index (χ1) is 13.1. The van der Waals surface area contributed by atoms with Crippen LogP contribution in [0.15, 0.2) is 24.4 Å². The molecule has 146 valence electrons. The van der Waals surface area contributed by atoms with Gasteiger partial charge in [-0.3, -0.25) is 9.78 Å². The molecule has 1 aliphatic rings. The third-order valence-electron chi connectivity index (χ3n) is 5.30. The molecule has 1 amide bonds. The molecule has 7 heteroatoms. The van der Waals surface area contributed by atoms with E-state index in [1.54, 1.807) is 0 Å². The van der Waals surface area contributed by atoms with Crippen LogP contribution in [0.2, 0.25) is 0 Å². The fourth-order valence-corrected chi connectivity index (χ4v) is 4.41. The third kappa shape index (κ3) is 4.90. The van der Waals surface area contributed by atoms with E-state index < -0.39 is 0 Å². The van der Waals surface area contributed by atoms with Crippen LogP contribution in [0.1, 0.15) is 60.6 Å². The second kappa shape index (κ2) is 9.37. The highest BCUT2D eigenvalue weighted by molar-refractivity contribution is 7.08. The molecule has 0 atom stereocenters. The third-order valence-corrected chi connectivity index (χ3v) is 6.03. The van der Waals surface area contributed by atoms with Crippen molar-refractivity contribution < 1.29 is 4.79 Å². The average molecular weight is 388 g/mol. The zero-order valence-corrected chi connectivity index (χ0v) is 17.3. The van der Waals surface area contributed by atoms with E-state index >= 15 is 0 Å². The number of piperidine rings is 1.